The molecule has 140 valence electrons. The van der Waals surface area contributed by atoms with E-state index in [2.05, 4.69) is 10.3 Å². The highest BCUT2D eigenvalue weighted by Crippen LogP contribution is 2.34. The van der Waals surface area contributed by atoms with Gasteiger partial charge < -0.3 is 5.32 Å². The number of aromatic nitrogens is 1. The van der Waals surface area contributed by atoms with Crippen LogP contribution in [0.1, 0.15) is 55.6 Å². The molecule has 1 unspecified atom stereocenters. The van der Waals surface area contributed by atoms with Crippen LogP contribution in [0, 0.1) is 5.92 Å². The molecular formula is C19H24N2O3S2. The third-order valence-corrected chi connectivity index (χ3v) is 6.28. The topological polar surface area (TPSA) is 76.1 Å². The smallest absolute Gasteiger partial charge is 0.233 e. The second-order valence-corrected chi connectivity index (χ2v) is 8.73. The van der Waals surface area contributed by atoms with Gasteiger partial charge in [0.05, 0.1) is 11.7 Å². The van der Waals surface area contributed by atoms with Crippen molar-refractivity contribution in [2.75, 3.05) is 5.32 Å². The van der Waals surface area contributed by atoms with Crippen molar-refractivity contribution in [3.8, 4) is 0 Å². The molecule has 0 spiro atoms. The molecule has 1 fully saturated rings. The molecule has 1 N–H and O–H groups in total. The zero-order valence-corrected chi connectivity index (χ0v) is 16.3. The van der Waals surface area contributed by atoms with E-state index in [1.165, 1.54) is 43.4 Å². The van der Waals surface area contributed by atoms with Crippen LogP contribution in [-0.2, 0) is 21.3 Å². The Bertz CT molecular complexity index is 772. The summed E-state index contributed by atoms with van der Waals surface area (Å²) in [5, 5.41) is 5.38. The molecule has 0 radical (unpaired) electrons. The second kappa shape index (κ2) is 9.28. The lowest BCUT2D eigenvalue weighted by atomic mass is 9.80. The number of carbonyl (C=O) groups excluding carboxylic acids is 1. The van der Waals surface area contributed by atoms with Crippen LogP contribution >= 0.6 is 11.3 Å². The van der Waals surface area contributed by atoms with E-state index in [1.54, 1.807) is 6.20 Å². The Morgan fingerprint density at radius 2 is 1.92 bits per heavy atom. The minimum absolute atomic E-state index is 0.0341. The number of thiol groups is 1. The van der Waals surface area contributed by atoms with Gasteiger partial charge in [0.15, 0.2) is 5.13 Å². The Balaban J connectivity index is 1.77. The van der Waals surface area contributed by atoms with Crippen molar-refractivity contribution in [2.45, 2.75) is 50.2 Å². The summed E-state index contributed by atoms with van der Waals surface area (Å²) in [7, 11) is -2.44. The van der Waals surface area contributed by atoms with E-state index in [0.29, 0.717) is 11.0 Å². The molecule has 7 heteroatoms. The summed E-state index contributed by atoms with van der Waals surface area (Å²) < 4.78 is 21.8. The first-order valence-corrected chi connectivity index (χ1v) is 11.3. The second-order valence-electron chi connectivity index (χ2n) is 6.85. The third kappa shape index (κ3) is 5.38. The summed E-state index contributed by atoms with van der Waals surface area (Å²) >= 11 is 1.41. The van der Waals surface area contributed by atoms with Crippen LogP contribution < -0.4 is 5.32 Å². The molecule has 26 heavy (non-hydrogen) atoms. The number of carbonyl (C=O) groups is 1. The van der Waals surface area contributed by atoms with Crippen molar-refractivity contribution in [3.63, 3.8) is 0 Å². The first-order chi connectivity index (χ1) is 12.6. The molecular weight excluding hydrogens is 368 g/mol. The fraction of sp³-hybridized carbons (Fsp3) is 0.474. The molecule has 1 aliphatic carbocycles. The molecule has 1 heterocycles. The van der Waals surface area contributed by atoms with Gasteiger partial charge in [-0.3, -0.25) is 4.79 Å². The molecule has 1 amide bonds. The molecule has 1 aromatic heterocycles. The Hall–Kier alpha value is -1.73. The number of nitrogens with zero attached hydrogens (tertiary/aromatic N) is 1. The molecule has 1 atom stereocenters. The van der Waals surface area contributed by atoms with Gasteiger partial charge in [-0.1, -0.05) is 56.4 Å². The fourth-order valence-corrected chi connectivity index (χ4v) is 4.67. The van der Waals surface area contributed by atoms with Gasteiger partial charge in [-0.05, 0) is 23.5 Å². The number of amides is 1. The molecule has 3 rings (SSSR count). The number of anilines is 1. The normalized spacial score (nSPS) is 16.5. The highest BCUT2D eigenvalue weighted by atomic mass is 32.2. The standard InChI is InChI=1S/C19H24N2O3S2/c22-18(21-19-20-10-11-25-19)17(12-14-4-2-1-3-5-14)16-8-6-15(7-9-16)13-26(23)24/h6-11,14,17,26H,1-5,12-13H2,(H,20,21,22). The Kier molecular flexibility index (Phi) is 6.80. The van der Waals surface area contributed by atoms with E-state index in [0.717, 1.165) is 17.5 Å². The summed E-state index contributed by atoms with van der Waals surface area (Å²) in [4.78, 5) is 17.1. The number of thiazole rings is 1. The number of rotatable bonds is 7. The molecule has 2 aromatic rings. The van der Waals surface area contributed by atoms with Gasteiger partial charge >= 0.3 is 0 Å². The maximum Gasteiger partial charge on any atom is 0.233 e. The van der Waals surface area contributed by atoms with E-state index >= 15 is 0 Å². The predicted octanol–water partition coefficient (Wildman–Crippen LogP) is 3.95. The predicted molar refractivity (Wildman–Crippen MR) is 105 cm³/mol. The molecule has 0 bridgehead atoms. The maximum atomic E-state index is 12.9. The van der Waals surface area contributed by atoms with Crippen LogP contribution in [0.5, 0.6) is 0 Å². The van der Waals surface area contributed by atoms with Crippen LogP contribution in [0.15, 0.2) is 35.8 Å². The molecule has 1 saturated carbocycles. The minimum Gasteiger partial charge on any atom is -0.301 e. The monoisotopic (exact) mass is 392 g/mol. The SMILES string of the molecule is O=C(Nc1nccs1)C(CC1CCCCC1)c1ccc(C[SH](=O)=O)cc1. The van der Waals surface area contributed by atoms with Crippen LogP contribution in [0.2, 0.25) is 0 Å². The zero-order valence-electron chi connectivity index (χ0n) is 14.6. The maximum absolute atomic E-state index is 12.9. The van der Waals surface area contributed by atoms with Crippen LogP contribution in [0.3, 0.4) is 0 Å². The van der Waals surface area contributed by atoms with Crippen LogP contribution in [0.4, 0.5) is 5.13 Å². The van der Waals surface area contributed by atoms with Gasteiger partial charge in [-0.15, -0.1) is 11.3 Å². The van der Waals surface area contributed by atoms with Crippen molar-refractivity contribution >= 4 is 33.1 Å². The van der Waals surface area contributed by atoms with E-state index in [1.807, 2.05) is 29.6 Å². The van der Waals surface area contributed by atoms with E-state index in [9.17, 15) is 13.2 Å². The lowest BCUT2D eigenvalue weighted by Crippen LogP contribution is -2.24. The molecule has 1 aliphatic rings. The first kappa shape index (κ1) is 19.0. The molecule has 0 saturated heterocycles. The van der Waals surface area contributed by atoms with Crippen molar-refractivity contribution in [2.24, 2.45) is 5.92 Å². The Morgan fingerprint density at radius 1 is 1.19 bits per heavy atom. The first-order valence-electron chi connectivity index (χ1n) is 9.03. The van der Waals surface area contributed by atoms with Gasteiger partial charge in [-0.25, -0.2) is 13.4 Å². The van der Waals surface area contributed by atoms with E-state index in [4.69, 9.17) is 0 Å². The van der Waals surface area contributed by atoms with Crippen molar-refractivity contribution < 1.29 is 13.2 Å². The molecule has 5 nitrogen and oxygen atoms in total. The average Bonchev–Trinajstić information content (AvgIpc) is 3.14. The highest BCUT2D eigenvalue weighted by Gasteiger charge is 2.26. The number of hydrogen-bond acceptors (Lipinski definition) is 5. The van der Waals surface area contributed by atoms with Gasteiger partial charge in [0.2, 0.25) is 5.91 Å². The molecule has 1 aromatic carbocycles. The quantitative estimate of drug-likeness (QED) is 0.700. The summed E-state index contributed by atoms with van der Waals surface area (Å²) in [6.07, 6.45) is 8.61. The largest absolute Gasteiger partial charge is 0.301 e. The van der Waals surface area contributed by atoms with E-state index < -0.39 is 10.7 Å². The van der Waals surface area contributed by atoms with Crippen molar-refractivity contribution in [3.05, 3.63) is 47.0 Å². The minimum atomic E-state index is -2.44. The summed E-state index contributed by atoms with van der Waals surface area (Å²) in [5.74, 6) is 0.325. The van der Waals surface area contributed by atoms with E-state index in [-0.39, 0.29) is 17.6 Å². The van der Waals surface area contributed by atoms with Gasteiger partial charge in [0.1, 0.15) is 10.7 Å². The van der Waals surface area contributed by atoms with Gasteiger partial charge in [0.25, 0.3) is 0 Å². The number of hydrogen-bond donors (Lipinski definition) is 2. The summed E-state index contributed by atoms with van der Waals surface area (Å²) in [5.41, 5.74) is 1.69. The Morgan fingerprint density at radius 3 is 2.54 bits per heavy atom. The van der Waals surface area contributed by atoms with Crippen LogP contribution in [0.25, 0.3) is 0 Å². The van der Waals surface area contributed by atoms with Crippen molar-refractivity contribution in [1.29, 1.82) is 0 Å². The third-order valence-electron chi connectivity index (χ3n) is 4.97. The number of benzene rings is 1. The highest BCUT2D eigenvalue weighted by molar-refractivity contribution is 7.71. The van der Waals surface area contributed by atoms with Crippen LogP contribution in [-0.4, -0.2) is 19.3 Å². The van der Waals surface area contributed by atoms with Gasteiger partial charge in [0, 0.05) is 11.6 Å². The lowest BCUT2D eigenvalue weighted by Gasteiger charge is -2.26. The van der Waals surface area contributed by atoms with Crippen molar-refractivity contribution in [1.82, 2.24) is 4.98 Å². The lowest BCUT2D eigenvalue weighted by molar-refractivity contribution is -0.118. The number of nitrogens with one attached hydrogen (secondary N) is 1. The molecule has 0 aliphatic heterocycles. The average molecular weight is 393 g/mol. The fourth-order valence-electron chi connectivity index (χ4n) is 3.63. The Labute approximate surface area is 159 Å². The zero-order chi connectivity index (χ0) is 18.4. The summed E-state index contributed by atoms with van der Waals surface area (Å²) in [6.45, 7) is 0. The summed E-state index contributed by atoms with van der Waals surface area (Å²) in [6, 6.07) is 7.40. The van der Waals surface area contributed by atoms with Gasteiger partial charge in [-0.2, -0.15) is 0 Å².